The van der Waals surface area contributed by atoms with Crippen molar-refractivity contribution in [3.63, 3.8) is 0 Å². The zero-order valence-electron chi connectivity index (χ0n) is 14.3. The Labute approximate surface area is 161 Å². The molecule has 0 bridgehead atoms. The number of thiazole rings is 1. The van der Waals surface area contributed by atoms with Crippen molar-refractivity contribution in [3.8, 4) is 0 Å². The van der Waals surface area contributed by atoms with Crippen LogP contribution in [0.15, 0.2) is 64.9 Å². The summed E-state index contributed by atoms with van der Waals surface area (Å²) in [4.78, 5) is 16.5. The van der Waals surface area contributed by atoms with Crippen molar-refractivity contribution in [2.75, 3.05) is 11.9 Å². The fraction of sp³-hybridized carbons (Fsp3) is 0.111. The maximum absolute atomic E-state index is 12.2. The van der Waals surface area contributed by atoms with Gasteiger partial charge in [0.05, 0.1) is 4.90 Å². The van der Waals surface area contributed by atoms with Crippen LogP contribution in [0, 0.1) is 0 Å². The number of hydrogen-bond acceptors (Lipinski definition) is 6. The Balaban J connectivity index is 1.51. The topological polar surface area (TPSA) is 114 Å². The van der Waals surface area contributed by atoms with Crippen molar-refractivity contribution in [1.82, 2.24) is 10.3 Å². The average Bonchev–Trinajstić information content (AvgIpc) is 3.11. The highest BCUT2D eigenvalue weighted by molar-refractivity contribution is 7.89. The Hall–Kier alpha value is -2.75. The third kappa shape index (κ3) is 5.36. The second-order valence-electron chi connectivity index (χ2n) is 5.72. The van der Waals surface area contributed by atoms with Crippen molar-refractivity contribution in [1.29, 1.82) is 0 Å². The molecule has 3 rings (SSSR count). The Morgan fingerprint density at radius 2 is 1.78 bits per heavy atom. The van der Waals surface area contributed by atoms with Gasteiger partial charge in [0.15, 0.2) is 5.13 Å². The highest BCUT2D eigenvalue weighted by Crippen LogP contribution is 2.20. The van der Waals surface area contributed by atoms with Crippen LogP contribution in [0.2, 0.25) is 0 Å². The summed E-state index contributed by atoms with van der Waals surface area (Å²) in [6.45, 7) is 0.409. The fourth-order valence-electron chi connectivity index (χ4n) is 2.34. The number of primary sulfonamides is 1. The van der Waals surface area contributed by atoms with E-state index in [1.54, 1.807) is 17.5 Å². The molecule has 7 nitrogen and oxygen atoms in total. The van der Waals surface area contributed by atoms with Crippen molar-refractivity contribution in [2.45, 2.75) is 11.3 Å². The molecule has 0 fully saturated rings. The SMILES string of the molecule is NS(=O)(=O)c1ccc(CCNC(=O)c2csc(Nc3ccccc3)n2)cc1. The largest absolute Gasteiger partial charge is 0.350 e. The fourth-order valence-corrected chi connectivity index (χ4v) is 3.56. The van der Waals surface area contributed by atoms with Gasteiger partial charge in [0.25, 0.3) is 5.91 Å². The highest BCUT2D eigenvalue weighted by atomic mass is 32.2. The minimum Gasteiger partial charge on any atom is -0.350 e. The lowest BCUT2D eigenvalue weighted by atomic mass is 10.1. The van der Waals surface area contributed by atoms with E-state index in [4.69, 9.17) is 5.14 Å². The first-order valence-corrected chi connectivity index (χ1v) is 10.5. The molecule has 0 unspecified atom stereocenters. The number of amides is 1. The third-order valence-corrected chi connectivity index (χ3v) is 5.40. The second kappa shape index (κ2) is 8.30. The van der Waals surface area contributed by atoms with Crippen LogP contribution < -0.4 is 15.8 Å². The number of rotatable bonds is 7. The zero-order valence-corrected chi connectivity index (χ0v) is 15.9. The smallest absolute Gasteiger partial charge is 0.270 e. The molecule has 0 atom stereocenters. The lowest BCUT2D eigenvalue weighted by molar-refractivity contribution is 0.0950. The first-order valence-electron chi connectivity index (χ1n) is 8.09. The standard InChI is InChI=1S/C18H18N4O3S2/c19-27(24,25)15-8-6-13(7-9-15)10-11-20-17(23)16-12-26-18(22-16)21-14-4-2-1-3-5-14/h1-9,12H,10-11H2,(H,20,23)(H,21,22)(H2,19,24,25). The normalized spacial score (nSPS) is 11.1. The minimum absolute atomic E-state index is 0.0659. The summed E-state index contributed by atoms with van der Waals surface area (Å²) in [5.74, 6) is -0.256. The van der Waals surface area contributed by atoms with Crippen molar-refractivity contribution in [2.24, 2.45) is 5.14 Å². The number of sulfonamides is 1. The van der Waals surface area contributed by atoms with Crippen molar-refractivity contribution in [3.05, 3.63) is 71.2 Å². The molecule has 1 aromatic heterocycles. The second-order valence-corrected chi connectivity index (χ2v) is 8.14. The van der Waals surface area contributed by atoms with Crippen LogP contribution in [0.5, 0.6) is 0 Å². The molecule has 2 aromatic carbocycles. The van der Waals surface area contributed by atoms with Crippen LogP contribution in [-0.4, -0.2) is 25.9 Å². The minimum atomic E-state index is -3.69. The van der Waals surface area contributed by atoms with Crippen molar-refractivity contribution < 1.29 is 13.2 Å². The molecule has 4 N–H and O–H groups in total. The van der Waals surface area contributed by atoms with E-state index in [9.17, 15) is 13.2 Å². The Morgan fingerprint density at radius 3 is 2.44 bits per heavy atom. The lowest BCUT2D eigenvalue weighted by Crippen LogP contribution is -2.26. The number of anilines is 2. The van der Waals surface area contributed by atoms with Gasteiger partial charge in [0, 0.05) is 17.6 Å². The quantitative estimate of drug-likeness (QED) is 0.562. The number of hydrogen-bond donors (Lipinski definition) is 3. The number of benzene rings is 2. The van der Waals surface area contributed by atoms with Gasteiger partial charge >= 0.3 is 0 Å². The van der Waals surface area contributed by atoms with Crippen molar-refractivity contribution >= 4 is 38.1 Å². The van der Waals surface area contributed by atoms with E-state index >= 15 is 0 Å². The summed E-state index contributed by atoms with van der Waals surface area (Å²) in [6.07, 6.45) is 0.565. The predicted molar refractivity (Wildman–Crippen MR) is 106 cm³/mol. The number of para-hydroxylation sites is 1. The number of nitrogens with zero attached hydrogens (tertiary/aromatic N) is 1. The van der Waals surface area contributed by atoms with E-state index in [1.165, 1.54) is 23.5 Å². The maximum Gasteiger partial charge on any atom is 0.270 e. The zero-order chi connectivity index (χ0) is 19.3. The maximum atomic E-state index is 12.2. The average molecular weight is 403 g/mol. The summed E-state index contributed by atoms with van der Waals surface area (Å²) < 4.78 is 22.5. The van der Waals surface area contributed by atoms with Crippen LogP contribution >= 0.6 is 11.3 Å². The molecule has 9 heteroatoms. The Morgan fingerprint density at radius 1 is 1.07 bits per heavy atom. The third-order valence-electron chi connectivity index (χ3n) is 3.71. The first-order chi connectivity index (χ1) is 12.9. The van der Waals surface area contributed by atoms with Crippen LogP contribution in [0.4, 0.5) is 10.8 Å². The molecule has 0 aliphatic heterocycles. The van der Waals surface area contributed by atoms with Gasteiger partial charge < -0.3 is 10.6 Å². The van der Waals surface area contributed by atoms with Gasteiger partial charge in [0.1, 0.15) is 5.69 Å². The van der Waals surface area contributed by atoms with Gasteiger partial charge in [-0.1, -0.05) is 30.3 Å². The molecule has 140 valence electrons. The molecule has 0 saturated heterocycles. The van der Waals surface area contributed by atoms with Gasteiger partial charge in [0.2, 0.25) is 10.0 Å². The predicted octanol–water partition coefficient (Wildman–Crippen LogP) is 2.51. The van der Waals surface area contributed by atoms with E-state index in [1.807, 2.05) is 30.3 Å². The molecule has 1 heterocycles. The molecule has 0 saturated carbocycles. The van der Waals surface area contributed by atoms with Crippen LogP contribution in [0.25, 0.3) is 0 Å². The summed E-state index contributed by atoms with van der Waals surface area (Å²) >= 11 is 1.35. The molecule has 1 amide bonds. The molecular weight excluding hydrogens is 384 g/mol. The van der Waals surface area contributed by atoms with Gasteiger partial charge in [-0.05, 0) is 36.2 Å². The number of aromatic nitrogens is 1. The number of nitrogens with one attached hydrogen (secondary N) is 2. The number of carbonyl (C=O) groups excluding carboxylic acids is 1. The number of nitrogens with two attached hydrogens (primary N) is 1. The van der Waals surface area contributed by atoms with Gasteiger partial charge in [-0.25, -0.2) is 18.5 Å². The van der Waals surface area contributed by atoms with Crippen LogP contribution in [-0.2, 0) is 16.4 Å². The summed E-state index contributed by atoms with van der Waals surface area (Å²) in [6, 6.07) is 15.9. The molecule has 0 aliphatic carbocycles. The summed E-state index contributed by atoms with van der Waals surface area (Å²) in [5.41, 5.74) is 2.15. The van der Waals surface area contributed by atoms with Crippen LogP contribution in [0.1, 0.15) is 16.1 Å². The Bertz CT molecular complexity index is 1020. The van der Waals surface area contributed by atoms with E-state index < -0.39 is 10.0 Å². The van der Waals surface area contributed by atoms with E-state index in [-0.39, 0.29) is 10.8 Å². The molecule has 0 spiro atoms. The molecule has 0 radical (unpaired) electrons. The summed E-state index contributed by atoms with van der Waals surface area (Å²) in [5, 5.41) is 13.4. The lowest BCUT2D eigenvalue weighted by Gasteiger charge is -2.05. The van der Waals surface area contributed by atoms with E-state index in [2.05, 4.69) is 15.6 Å². The van der Waals surface area contributed by atoms with Gasteiger partial charge in [-0.3, -0.25) is 4.79 Å². The molecule has 0 aliphatic rings. The summed E-state index contributed by atoms with van der Waals surface area (Å²) in [7, 11) is -3.69. The highest BCUT2D eigenvalue weighted by Gasteiger charge is 2.11. The van der Waals surface area contributed by atoms with Crippen LogP contribution in [0.3, 0.4) is 0 Å². The molecular formula is C18H18N4O3S2. The van der Waals surface area contributed by atoms with Gasteiger partial charge in [-0.15, -0.1) is 11.3 Å². The number of carbonyl (C=O) groups is 1. The monoisotopic (exact) mass is 402 g/mol. The molecule has 27 heavy (non-hydrogen) atoms. The first kappa shape index (κ1) is 19.0. The Kier molecular flexibility index (Phi) is 5.84. The molecule has 3 aromatic rings. The van der Waals surface area contributed by atoms with Gasteiger partial charge in [-0.2, -0.15) is 0 Å². The van der Waals surface area contributed by atoms with E-state index in [0.29, 0.717) is 23.8 Å². The van der Waals surface area contributed by atoms with E-state index in [0.717, 1.165) is 11.3 Å².